The third kappa shape index (κ3) is 3.86. The number of carbonyl (C=O) groups is 2. The normalized spacial score (nSPS) is 18.2. The second-order valence-corrected chi connectivity index (χ2v) is 7.90. The molecule has 1 unspecified atom stereocenters. The first kappa shape index (κ1) is 19.9. The van der Waals surface area contributed by atoms with Crippen LogP contribution in [0.2, 0.25) is 0 Å². The number of benzene rings is 3. The molecule has 0 radical (unpaired) electrons. The molecule has 1 aliphatic heterocycles. The number of amides is 2. The zero-order chi connectivity index (χ0) is 21.0. The Balaban J connectivity index is 1.64. The standard InChI is InChI=1S/C26H26N2O2/c1-27-25(30)26(16-17-28(19-26)24(29)21-12-6-3-7-13-21)18-22-14-8-9-15-23(22)20-10-4-2-5-11-20/h2-15H,16-19H2,1H3,(H,27,30). The van der Waals surface area contributed by atoms with E-state index < -0.39 is 5.41 Å². The molecule has 1 N–H and O–H groups in total. The molecule has 0 spiro atoms. The number of hydrogen-bond acceptors (Lipinski definition) is 2. The molecule has 2 amide bonds. The Morgan fingerprint density at radius 1 is 0.900 bits per heavy atom. The van der Waals surface area contributed by atoms with Gasteiger partial charge in [-0.05, 0) is 41.7 Å². The fourth-order valence-corrected chi connectivity index (χ4v) is 4.42. The molecule has 1 fully saturated rings. The Labute approximate surface area is 177 Å². The van der Waals surface area contributed by atoms with E-state index >= 15 is 0 Å². The monoisotopic (exact) mass is 398 g/mol. The molecule has 3 aromatic carbocycles. The van der Waals surface area contributed by atoms with Crippen molar-refractivity contribution >= 4 is 11.8 Å². The Morgan fingerprint density at radius 2 is 1.53 bits per heavy atom. The third-order valence-electron chi connectivity index (χ3n) is 6.00. The van der Waals surface area contributed by atoms with Crippen molar-refractivity contribution in [2.45, 2.75) is 12.8 Å². The van der Waals surface area contributed by atoms with Crippen LogP contribution in [0.1, 0.15) is 22.3 Å². The lowest BCUT2D eigenvalue weighted by atomic mass is 9.78. The average Bonchev–Trinajstić information content (AvgIpc) is 3.24. The van der Waals surface area contributed by atoms with Gasteiger partial charge in [0.05, 0.1) is 5.41 Å². The molecule has 152 valence electrons. The predicted molar refractivity (Wildman–Crippen MR) is 119 cm³/mol. The molecule has 4 rings (SSSR count). The summed E-state index contributed by atoms with van der Waals surface area (Å²) >= 11 is 0. The van der Waals surface area contributed by atoms with Gasteiger partial charge in [0.1, 0.15) is 0 Å². The topological polar surface area (TPSA) is 49.4 Å². The van der Waals surface area contributed by atoms with E-state index in [1.165, 1.54) is 0 Å². The smallest absolute Gasteiger partial charge is 0.253 e. The number of likely N-dealkylation sites (tertiary alicyclic amines) is 1. The van der Waals surface area contributed by atoms with Gasteiger partial charge in [-0.2, -0.15) is 0 Å². The largest absolute Gasteiger partial charge is 0.359 e. The highest BCUT2D eigenvalue weighted by Crippen LogP contribution is 2.38. The first-order chi connectivity index (χ1) is 14.6. The van der Waals surface area contributed by atoms with Crippen LogP contribution in [0.4, 0.5) is 0 Å². The maximum absolute atomic E-state index is 13.0. The summed E-state index contributed by atoms with van der Waals surface area (Å²) < 4.78 is 0. The van der Waals surface area contributed by atoms with Crippen LogP contribution in [0.5, 0.6) is 0 Å². The summed E-state index contributed by atoms with van der Waals surface area (Å²) in [6.07, 6.45) is 1.24. The zero-order valence-corrected chi connectivity index (χ0v) is 17.2. The third-order valence-corrected chi connectivity index (χ3v) is 6.00. The lowest BCUT2D eigenvalue weighted by Crippen LogP contribution is -2.44. The van der Waals surface area contributed by atoms with Gasteiger partial charge in [0, 0.05) is 25.7 Å². The van der Waals surface area contributed by atoms with Crippen LogP contribution in [0.3, 0.4) is 0 Å². The number of nitrogens with zero attached hydrogens (tertiary/aromatic N) is 1. The second-order valence-electron chi connectivity index (χ2n) is 7.90. The van der Waals surface area contributed by atoms with Crippen molar-refractivity contribution in [3.63, 3.8) is 0 Å². The van der Waals surface area contributed by atoms with Crippen LogP contribution in [0.15, 0.2) is 84.9 Å². The lowest BCUT2D eigenvalue weighted by Gasteiger charge is -2.28. The Hall–Kier alpha value is -3.40. The van der Waals surface area contributed by atoms with Gasteiger partial charge in [-0.1, -0.05) is 72.8 Å². The van der Waals surface area contributed by atoms with Gasteiger partial charge < -0.3 is 10.2 Å². The molecule has 1 aliphatic rings. The number of hydrogen-bond donors (Lipinski definition) is 1. The van der Waals surface area contributed by atoms with Gasteiger partial charge >= 0.3 is 0 Å². The molecule has 0 aliphatic carbocycles. The fourth-order valence-electron chi connectivity index (χ4n) is 4.42. The van der Waals surface area contributed by atoms with Crippen LogP contribution in [-0.4, -0.2) is 36.9 Å². The summed E-state index contributed by atoms with van der Waals surface area (Å²) in [6.45, 7) is 0.998. The summed E-state index contributed by atoms with van der Waals surface area (Å²) in [5, 5.41) is 2.85. The molecule has 1 atom stereocenters. The van der Waals surface area contributed by atoms with Gasteiger partial charge in [0.2, 0.25) is 5.91 Å². The molecule has 0 aromatic heterocycles. The Morgan fingerprint density at radius 3 is 2.23 bits per heavy atom. The van der Waals surface area contributed by atoms with Crippen molar-refractivity contribution in [1.29, 1.82) is 0 Å². The molecule has 30 heavy (non-hydrogen) atoms. The van der Waals surface area contributed by atoms with Crippen LogP contribution < -0.4 is 5.32 Å². The van der Waals surface area contributed by atoms with Crippen LogP contribution >= 0.6 is 0 Å². The summed E-state index contributed by atoms with van der Waals surface area (Å²) in [7, 11) is 1.68. The molecule has 4 heteroatoms. The minimum Gasteiger partial charge on any atom is -0.359 e. The summed E-state index contributed by atoms with van der Waals surface area (Å²) in [4.78, 5) is 27.8. The quantitative estimate of drug-likeness (QED) is 0.701. The van der Waals surface area contributed by atoms with Crippen molar-refractivity contribution in [2.24, 2.45) is 5.41 Å². The van der Waals surface area contributed by atoms with E-state index in [-0.39, 0.29) is 11.8 Å². The fraction of sp³-hybridized carbons (Fsp3) is 0.231. The van der Waals surface area contributed by atoms with Crippen molar-refractivity contribution in [3.8, 4) is 11.1 Å². The molecule has 0 saturated carbocycles. The van der Waals surface area contributed by atoms with Crippen molar-refractivity contribution in [2.75, 3.05) is 20.1 Å². The maximum atomic E-state index is 13.0. The number of nitrogens with one attached hydrogen (secondary N) is 1. The van der Waals surface area contributed by atoms with Crippen molar-refractivity contribution in [1.82, 2.24) is 10.2 Å². The van der Waals surface area contributed by atoms with Crippen LogP contribution in [0.25, 0.3) is 11.1 Å². The minimum absolute atomic E-state index is 0.00581. The molecule has 1 heterocycles. The first-order valence-electron chi connectivity index (χ1n) is 10.3. The summed E-state index contributed by atoms with van der Waals surface area (Å²) in [5.74, 6) is -0.0218. The van der Waals surface area contributed by atoms with Gasteiger partial charge in [-0.3, -0.25) is 9.59 Å². The van der Waals surface area contributed by atoms with E-state index in [4.69, 9.17) is 0 Å². The first-order valence-corrected chi connectivity index (χ1v) is 10.3. The molecule has 1 saturated heterocycles. The van der Waals surface area contributed by atoms with Gasteiger partial charge in [0.15, 0.2) is 0 Å². The zero-order valence-electron chi connectivity index (χ0n) is 17.2. The van der Waals surface area contributed by atoms with E-state index in [1.807, 2.05) is 65.6 Å². The summed E-state index contributed by atoms with van der Waals surface area (Å²) in [6, 6.07) is 27.7. The van der Waals surface area contributed by atoms with E-state index in [2.05, 4.69) is 29.6 Å². The van der Waals surface area contributed by atoms with E-state index in [0.29, 0.717) is 31.5 Å². The van der Waals surface area contributed by atoms with Crippen molar-refractivity contribution < 1.29 is 9.59 Å². The maximum Gasteiger partial charge on any atom is 0.253 e. The van der Waals surface area contributed by atoms with Gasteiger partial charge in [-0.25, -0.2) is 0 Å². The average molecular weight is 399 g/mol. The summed E-state index contributed by atoms with van der Waals surface area (Å²) in [5.41, 5.74) is 3.42. The molecular formula is C26H26N2O2. The molecular weight excluding hydrogens is 372 g/mol. The SMILES string of the molecule is CNC(=O)C1(Cc2ccccc2-c2ccccc2)CCN(C(=O)c2ccccc2)C1. The highest BCUT2D eigenvalue weighted by Gasteiger charge is 2.46. The van der Waals surface area contributed by atoms with E-state index in [1.54, 1.807) is 7.05 Å². The van der Waals surface area contributed by atoms with Gasteiger partial charge in [-0.15, -0.1) is 0 Å². The molecule has 4 nitrogen and oxygen atoms in total. The lowest BCUT2D eigenvalue weighted by molar-refractivity contribution is -0.129. The van der Waals surface area contributed by atoms with Gasteiger partial charge in [0.25, 0.3) is 5.91 Å². The Kier molecular flexibility index (Phi) is 5.66. The molecule has 0 bridgehead atoms. The minimum atomic E-state index is -0.635. The van der Waals surface area contributed by atoms with Crippen LogP contribution in [0, 0.1) is 5.41 Å². The Bertz CT molecular complexity index is 1030. The predicted octanol–water partition coefficient (Wildman–Crippen LogP) is 4.17. The highest BCUT2D eigenvalue weighted by atomic mass is 16.2. The van der Waals surface area contributed by atoms with Crippen molar-refractivity contribution in [3.05, 3.63) is 96.1 Å². The number of carbonyl (C=O) groups excluding carboxylic acids is 2. The van der Waals surface area contributed by atoms with E-state index in [9.17, 15) is 9.59 Å². The second kappa shape index (κ2) is 8.54. The number of rotatable bonds is 5. The highest BCUT2D eigenvalue weighted by molar-refractivity contribution is 5.95. The van der Waals surface area contributed by atoms with Crippen LogP contribution in [-0.2, 0) is 11.2 Å². The van der Waals surface area contributed by atoms with E-state index in [0.717, 1.165) is 16.7 Å². The molecule has 3 aromatic rings.